The first-order chi connectivity index (χ1) is 10.5. The molecule has 5 nitrogen and oxygen atoms in total. The molecule has 2 aromatic rings. The summed E-state index contributed by atoms with van der Waals surface area (Å²) in [5.74, 6) is -1.19. The van der Waals surface area contributed by atoms with Crippen LogP contribution >= 0.6 is 11.3 Å². The number of aryl methyl sites for hydroxylation is 2. The molecule has 116 valence electrons. The molecule has 1 aromatic carbocycles. The highest BCUT2D eigenvalue weighted by atomic mass is 32.1. The van der Waals surface area contributed by atoms with Gasteiger partial charge < -0.3 is 10.4 Å². The molecule has 0 spiro atoms. The van der Waals surface area contributed by atoms with Gasteiger partial charge in [-0.3, -0.25) is 4.79 Å². The van der Waals surface area contributed by atoms with Crippen LogP contribution in [0.2, 0.25) is 0 Å². The molecule has 0 aliphatic heterocycles. The van der Waals surface area contributed by atoms with E-state index in [-0.39, 0.29) is 17.2 Å². The highest BCUT2D eigenvalue weighted by Crippen LogP contribution is 2.20. The van der Waals surface area contributed by atoms with Gasteiger partial charge in [-0.25, -0.2) is 9.78 Å². The van der Waals surface area contributed by atoms with Crippen LogP contribution in [0.25, 0.3) is 0 Å². The fraction of sp³-hybridized carbons (Fsp3) is 0.312. The molecule has 1 amide bonds. The molecule has 6 heteroatoms. The van der Waals surface area contributed by atoms with Crippen LogP contribution < -0.4 is 5.32 Å². The normalized spacial score (nSPS) is 10.5. The first-order valence-corrected chi connectivity index (χ1v) is 7.95. The van der Waals surface area contributed by atoms with Gasteiger partial charge in [-0.05, 0) is 30.5 Å². The molecule has 0 radical (unpaired) electrons. The van der Waals surface area contributed by atoms with Crippen LogP contribution in [0.3, 0.4) is 0 Å². The molecular formula is C16H18N2O3S. The van der Waals surface area contributed by atoms with Crippen molar-refractivity contribution >= 4 is 28.9 Å². The van der Waals surface area contributed by atoms with Crippen molar-refractivity contribution in [2.75, 3.05) is 5.32 Å². The lowest BCUT2D eigenvalue weighted by Gasteiger charge is -2.04. The summed E-state index contributed by atoms with van der Waals surface area (Å²) in [6.07, 6.45) is 1.57. The number of nitrogens with zero attached hydrogens (tertiary/aromatic N) is 1. The Kier molecular flexibility index (Phi) is 5.27. The molecule has 0 aliphatic rings. The van der Waals surface area contributed by atoms with Gasteiger partial charge >= 0.3 is 5.97 Å². The van der Waals surface area contributed by atoms with E-state index in [0.717, 1.165) is 23.4 Å². The summed E-state index contributed by atoms with van der Waals surface area (Å²) < 4.78 is 0. The number of carbonyl (C=O) groups excluding carboxylic acids is 1. The van der Waals surface area contributed by atoms with E-state index in [0.29, 0.717) is 17.1 Å². The van der Waals surface area contributed by atoms with Crippen molar-refractivity contribution in [3.63, 3.8) is 0 Å². The molecule has 0 saturated heterocycles. The summed E-state index contributed by atoms with van der Waals surface area (Å²) >= 11 is 1.07. The van der Waals surface area contributed by atoms with Gasteiger partial charge in [0.1, 0.15) is 9.88 Å². The summed E-state index contributed by atoms with van der Waals surface area (Å²) in [6.45, 7) is 3.92. The van der Waals surface area contributed by atoms with E-state index in [1.807, 2.05) is 31.2 Å². The van der Waals surface area contributed by atoms with Crippen molar-refractivity contribution in [3.8, 4) is 0 Å². The number of rotatable bonds is 6. The summed E-state index contributed by atoms with van der Waals surface area (Å²) in [4.78, 5) is 27.6. The molecule has 2 rings (SSSR count). The summed E-state index contributed by atoms with van der Waals surface area (Å²) in [5, 5.41) is 12.4. The second kappa shape index (κ2) is 7.17. The van der Waals surface area contributed by atoms with Crippen molar-refractivity contribution < 1.29 is 14.7 Å². The van der Waals surface area contributed by atoms with Gasteiger partial charge in [-0.15, -0.1) is 11.3 Å². The summed E-state index contributed by atoms with van der Waals surface area (Å²) in [7, 11) is 0. The molecule has 0 unspecified atom stereocenters. The summed E-state index contributed by atoms with van der Waals surface area (Å²) in [6, 6.07) is 7.66. The smallest absolute Gasteiger partial charge is 0.347 e. The van der Waals surface area contributed by atoms with Crippen molar-refractivity contribution in [2.24, 2.45) is 0 Å². The van der Waals surface area contributed by atoms with Gasteiger partial charge in [0.25, 0.3) is 0 Å². The monoisotopic (exact) mass is 318 g/mol. The standard InChI is InChI=1S/C16H18N2O3S/c1-3-10-5-7-11(8-6-10)17-13(19)9-14-18-12(4-2)15(22-14)16(20)21/h5-8H,3-4,9H2,1-2H3,(H,17,19)(H,20,21). The predicted molar refractivity (Wildman–Crippen MR) is 86.6 cm³/mol. The first-order valence-electron chi connectivity index (χ1n) is 7.14. The molecular weight excluding hydrogens is 300 g/mol. The molecule has 0 fully saturated rings. The first kappa shape index (κ1) is 16.2. The van der Waals surface area contributed by atoms with Crippen LogP contribution in [0.1, 0.15) is 39.8 Å². The fourth-order valence-corrected chi connectivity index (χ4v) is 3.04. The average molecular weight is 318 g/mol. The lowest BCUT2D eigenvalue weighted by atomic mass is 10.1. The minimum atomic E-state index is -0.990. The Morgan fingerprint density at radius 1 is 1.18 bits per heavy atom. The molecule has 22 heavy (non-hydrogen) atoms. The highest BCUT2D eigenvalue weighted by Gasteiger charge is 2.17. The third kappa shape index (κ3) is 3.92. The van der Waals surface area contributed by atoms with E-state index < -0.39 is 5.97 Å². The van der Waals surface area contributed by atoms with E-state index in [2.05, 4.69) is 17.2 Å². The Labute approximate surface area is 133 Å². The number of nitrogens with one attached hydrogen (secondary N) is 1. The topological polar surface area (TPSA) is 79.3 Å². The Bertz CT molecular complexity index is 677. The molecule has 1 aromatic heterocycles. The van der Waals surface area contributed by atoms with Crippen LogP contribution in [0.5, 0.6) is 0 Å². The number of thiazole rings is 1. The number of carboxylic acid groups (broad SMARTS) is 1. The van der Waals surface area contributed by atoms with E-state index in [4.69, 9.17) is 5.11 Å². The lowest BCUT2D eigenvalue weighted by molar-refractivity contribution is -0.115. The second-order valence-corrected chi connectivity index (χ2v) is 5.90. The number of hydrogen-bond acceptors (Lipinski definition) is 4. The predicted octanol–water partition coefficient (Wildman–Crippen LogP) is 3.15. The minimum absolute atomic E-state index is 0.0838. The van der Waals surface area contributed by atoms with E-state index in [9.17, 15) is 9.59 Å². The number of amides is 1. The Balaban J connectivity index is 2.03. The number of aromatic carboxylic acids is 1. The second-order valence-electron chi connectivity index (χ2n) is 4.82. The van der Waals surface area contributed by atoms with Gasteiger partial charge in [-0.1, -0.05) is 26.0 Å². The van der Waals surface area contributed by atoms with Crippen molar-refractivity contribution in [1.29, 1.82) is 0 Å². The number of carbonyl (C=O) groups is 2. The lowest BCUT2D eigenvalue weighted by Crippen LogP contribution is -2.14. The molecule has 0 aliphatic carbocycles. The van der Waals surface area contributed by atoms with Gasteiger partial charge in [0, 0.05) is 5.69 Å². The van der Waals surface area contributed by atoms with Crippen LogP contribution in [0.4, 0.5) is 5.69 Å². The SMILES string of the molecule is CCc1ccc(NC(=O)Cc2nc(CC)c(C(=O)O)s2)cc1. The van der Waals surface area contributed by atoms with Gasteiger partial charge in [0.05, 0.1) is 12.1 Å². The number of aromatic nitrogens is 1. The van der Waals surface area contributed by atoms with Crippen molar-refractivity contribution in [3.05, 3.63) is 45.4 Å². The van der Waals surface area contributed by atoms with E-state index in [1.54, 1.807) is 0 Å². The fourth-order valence-electron chi connectivity index (χ4n) is 2.05. The highest BCUT2D eigenvalue weighted by molar-refractivity contribution is 7.13. The Morgan fingerprint density at radius 3 is 2.36 bits per heavy atom. The van der Waals surface area contributed by atoms with E-state index >= 15 is 0 Å². The molecule has 0 saturated carbocycles. The van der Waals surface area contributed by atoms with Gasteiger partial charge in [0.15, 0.2) is 0 Å². The van der Waals surface area contributed by atoms with Crippen molar-refractivity contribution in [1.82, 2.24) is 4.98 Å². The van der Waals surface area contributed by atoms with Crippen LogP contribution in [-0.4, -0.2) is 22.0 Å². The Morgan fingerprint density at radius 2 is 1.86 bits per heavy atom. The number of anilines is 1. The quantitative estimate of drug-likeness (QED) is 0.857. The maximum Gasteiger partial charge on any atom is 0.347 e. The zero-order valence-corrected chi connectivity index (χ0v) is 13.4. The number of carboxylic acids is 1. The third-order valence-electron chi connectivity index (χ3n) is 3.23. The van der Waals surface area contributed by atoms with Crippen molar-refractivity contribution in [2.45, 2.75) is 33.1 Å². The molecule has 0 atom stereocenters. The maximum absolute atomic E-state index is 12.0. The largest absolute Gasteiger partial charge is 0.477 e. The third-order valence-corrected chi connectivity index (χ3v) is 4.31. The zero-order chi connectivity index (χ0) is 16.1. The Hall–Kier alpha value is -2.21. The minimum Gasteiger partial charge on any atom is -0.477 e. The molecule has 1 heterocycles. The van der Waals surface area contributed by atoms with Gasteiger partial charge in [-0.2, -0.15) is 0 Å². The van der Waals surface area contributed by atoms with Gasteiger partial charge in [0.2, 0.25) is 5.91 Å². The van der Waals surface area contributed by atoms with Crippen LogP contribution in [0, 0.1) is 0 Å². The molecule has 0 bridgehead atoms. The van der Waals surface area contributed by atoms with Crippen LogP contribution in [0.15, 0.2) is 24.3 Å². The molecule has 2 N–H and O–H groups in total. The number of benzene rings is 1. The zero-order valence-electron chi connectivity index (χ0n) is 12.5. The number of hydrogen-bond donors (Lipinski definition) is 2. The average Bonchev–Trinajstić information content (AvgIpc) is 2.91. The summed E-state index contributed by atoms with van der Waals surface area (Å²) in [5.41, 5.74) is 2.47. The van der Waals surface area contributed by atoms with E-state index in [1.165, 1.54) is 5.56 Å². The van der Waals surface area contributed by atoms with Crippen LogP contribution in [-0.2, 0) is 24.1 Å². The maximum atomic E-state index is 12.0.